The van der Waals surface area contributed by atoms with Gasteiger partial charge < -0.3 is 15.2 Å². The third kappa shape index (κ3) is 4.79. The number of halogens is 1. The van der Waals surface area contributed by atoms with Gasteiger partial charge in [-0.15, -0.1) is 12.4 Å². The first-order chi connectivity index (χ1) is 10.8. The van der Waals surface area contributed by atoms with E-state index >= 15 is 0 Å². The van der Waals surface area contributed by atoms with Crippen molar-refractivity contribution in [3.8, 4) is 11.5 Å². The van der Waals surface area contributed by atoms with Crippen LogP contribution in [-0.4, -0.2) is 35.7 Å². The largest absolute Gasteiger partial charge is 0.350 e. The van der Waals surface area contributed by atoms with Crippen LogP contribution in [0.3, 0.4) is 0 Å². The number of hydrogen-bond acceptors (Lipinski definition) is 5. The fourth-order valence-electron chi connectivity index (χ4n) is 1.95. The van der Waals surface area contributed by atoms with Crippen molar-refractivity contribution < 1.29 is 9.32 Å². The number of nitrogens with zero attached hydrogens (tertiary/aromatic N) is 2. The minimum absolute atomic E-state index is 0. The van der Waals surface area contributed by atoms with Crippen LogP contribution in [0.4, 0.5) is 0 Å². The zero-order valence-corrected chi connectivity index (χ0v) is 15.5. The topological polar surface area (TPSA) is 80.0 Å². The molecular formula is C17H25ClN4O2. The maximum Gasteiger partial charge on any atom is 0.258 e. The normalized spacial score (nSPS) is 12.4. The average molecular weight is 353 g/mol. The summed E-state index contributed by atoms with van der Waals surface area (Å²) >= 11 is 0. The third-order valence-corrected chi connectivity index (χ3v) is 3.56. The summed E-state index contributed by atoms with van der Waals surface area (Å²) in [5, 5.41) is 10.0. The fraction of sp³-hybridized carbons (Fsp3) is 0.471. The summed E-state index contributed by atoms with van der Waals surface area (Å²) in [5.74, 6) is 0.826. The highest BCUT2D eigenvalue weighted by Crippen LogP contribution is 2.26. The molecule has 132 valence electrons. The Bertz CT molecular complexity index is 679. The summed E-state index contributed by atoms with van der Waals surface area (Å²) in [4.78, 5) is 16.9. The lowest BCUT2D eigenvalue weighted by Crippen LogP contribution is -2.37. The van der Waals surface area contributed by atoms with Gasteiger partial charge >= 0.3 is 0 Å². The molecule has 0 bridgehead atoms. The van der Waals surface area contributed by atoms with Crippen LogP contribution in [0.5, 0.6) is 0 Å². The van der Waals surface area contributed by atoms with Gasteiger partial charge in [0.25, 0.3) is 11.8 Å². The third-order valence-electron chi connectivity index (χ3n) is 3.56. The zero-order valence-electron chi connectivity index (χ0n) is 14.7. The van der Waals surface area contributed by atoms with Crippen molar-refractivity contribution in [2.45, 2.75) is 39.2 Å². The molecule has 0 radical (unpaired) electrons. The molecule has 0 aliphatic carbocycles. The molecule has 2 N–H and O–H groups in total. The van der Waals surface area contributed by atoms with Gasteiger partial charge in [0, 0.05) is 18.0 Å². The molecule has 1 aromatic carbocycles. The monoisotopic (exact) mass is 352 g/mol. The number of likely N-dealkylation sites (N-methyl/N-ethyl adjacent to an activating group) is 1. The second kappa shape index (κ2) is 8.26. The standard InChI is InChI=1S/C17H24N4O2.ClH/c1-11(18-5)10-19-14(22)12-8-6-7-9-13(12)15-20-16(21-23-15)17(2,3)4;/h6-9,11,18H,10H2,1-5H3,(H,19,22);1H. The highest BCUT2D eigenvalue weighted by molar-refractivity contribution is 5.99. The van der Waals surface area contributed by atoms with Gasteiger partial charge in [-0.1, -0.05) is 38.1 Å². The molecule has 7 heteroatoms. The molecule has 1 unspecified atom stereocenters. The highest BCUT2D eigenvalue weighted by Gasteiger charge is 2.23. The van der Waals surface area contributed by atoms with E-state index in [9.17, 15) is 4.79 Å². The number of hydrogen-bond donors (Lipinski definition) is 2. The van der Waals surface area contributed by atoms with E-state index in [1.54, 1.807) is 6.07 Å². The Balaban J connectivity index is 0.00000288. The first kappa shape index (κ1) is 20.1. The van der Waals surface area contributed by atoms with Crippen molar-refractivity contribution in [3.05, 3.63) is 35.7 Å². The lowest BCUT2D eigenvalue weighted by molar-refractivity contribution is 0.0951. The van der Waals surface area contributed by atoms with Gasteiger partial charge in [0.2, 0.25) is 0 Å². The van der Waals surface area contributed by atoms with E-state index in [0.717, 1.165) is 0 Å². The van der Waals surface area contributed by atoms with Crippen LogP contribution in [0.25, 0.3) is 11.5 Å². The molecule has 0 aliphatic rings. The number of carbonyl (C=O) groups excluding carboxylic acids is 1. The van der Waals surface area contributed by atoms with Crippen molar-refractivity contribution in [1.29, 1.82) is 0 Å². The summed E-state index contributed by atoms with van der Waals surface area (Å²) in [6.45, 7) is 8.58. The van der Waals surface area contributed by atoms with Crippen LogP contribution in [0.1, 0.15) is 43.9 Å². The second-order valence-electron chi connectivity index (χ2n) is 6.62. The molecule has 0 fully saturated rings. The predicted molar refractivity (Wildman–Crippen MR) is 96.5 cm³/mol. The van der Waals surface area contributed by atoms with Gasteiger partial charge in [-0.25, -0.2) is 0 Å². The van der Waals surface area contributed by atoms with E-state index in [2.05, 4.69) is 20.8 Å². The van der Waals surface area contributed by atoms with Gasteiger partial charge in [-0.2, -0.15) is 4.98 Å². The summed E-state index contributed by atoms with van der Waals surface area (Å²) in [6.07, 6.45) is 0. The highest BCUT2D eigenvalue weighted by atomic mass is 35.5. The maximum absolute atomic E-state index is 12.4. The molecular weight excluding hydrogens is 328 g/mol. The lowest BCUT2D eigenvalue weighted by Gasteiger charge is -2.12. The zero-order chi connectivity index (χ0) is 17.0. The molecule has 2 rings (SSSR count). The van der Waals surface area contributed by atoms with Crippen LogP contribution in [0.15, 0.2) is 28.8 Å². The number of carbonyl (C=O) groups is 1. The van der Waals surface area contributed by atoms with Crippen LogP contribution in [-0.2, 0) is 5.41 Å². The minimum Gasteiger partial charge on any atom is -0.350 e. The SMILES string of the molecule is CNC(C)CNC(=O)c1ccccc1-c1nc(C(C)(C)C)no1.Cl. The number of rotatable bonds is 5. The number of aromatic nitrogens is 2. The molecule has 1 atom stereocenters. The quantitative estimate of drug-likeness (QED) is 0.864. The summed E-state index contributed by atoms with van der Waals surface area (Å²) in [5.41, 5.74) is 0.964. The average Bonchev–Trinajstić information content (AvgIpc) is 3.02. The van der Waals surface area contributed by atoms with Gasteiger partial charge in [0.1, 0.15) is 0 Å². The fourth-order valence-corrected chi connectivity index (χ4v) is 1.95. The number of nitrogens with one attached hydrogen (secondary N) is 2. The molecule has 6 nitrogen and oxygen atoms in total. The smallest absolute Gasteiger partial charge is 0.258 e. The van der Waals surface area contributed by atoms with E-state index in [0.29, 0.717) is 29.4 Å². The molecule has 0 saturated carbocycles. The molecule has 1 heterocycles. The molecule has 0 spiro atoms. The van der Waals surface area contributed by atoms with Crippen LogP contribution in [0, 0.1) is 0 Å². The Labute approximate surface area is 148 Å². The van der Waals surface area contributed by atoms with E-state index in [1.807, 2.05) is 52.9 Å². The Morgan fingerprint density at radius 3 is 2.54 bits per heavy atom. The maximum atomic E-state index is 12.4. The summed E-state index contributed by atoms with van der Waals surface area (Å²) in [7, 11) is 1.86. The van der Waals surface area contributed by atoms with Gasteiger partial charge in [-0.3, -0.25) is 4.79 Å². The minimum atomic E-state index is -0.207. The van der Waals surface area contributed by atoms with Crippen molar-refractivity contribution in [1.82, 2.24) is 20.8 Å². The Morgan fingerprint density at radius 1 is 1.29 bits per heavy atom. The van der Waals surface area contributed by atoms with Crippen molar-refractivity contribution in [2.24, 2.45) is 0 Å². The number of amides is 1. The van der Waals surface area contributed by atoms with E-state index in [-0.39, 0.29) is 29.8 Å². The Kier molecular flexibility index (Phi) is 6.93. The van der Waals surface area contributed by atoms with Gasteiger partial charge in [-0.05, 0) is 26.1 Å². The Morgan fingerprint density at radius 2 is 1.96 bits per heavy atom. The van der Waals surface area contributed by atoms with Crippen molar-refractivity contribution in [3.63, 3.8) is 0 Å². The Hall–Kier alpha value is -1.92. The van der Waals surface area contributed by atoms with Gasteiger partial charge in [0.15, 0.2) is 5.82 Å². The molecule has 0 saturated heterocycles. The summed E-state index contributed by atoms with van der Waals surface area (Å²) < 4.78 is 5.36. The lowest BCUT2D eigenvalue weighted by atomic mass is 9.96. The molecule has 24 heavy (non-hydrogen) atoms. The summed E-state index contributed by atoms with van der Waals surface area (Å²) in [6, 6.07) is 7.44. The van der Waals surface area contributed by atoms with Crippen molar-refractivity contribution in [2.75, 3.05) is 13.6 Å². The molecule has 1 amide bonds. The van der Waals surface area contributed by atoms with Gasteiger partial charge in [0.05, 0.1) is 11.1 Å². The molecule has 1 aromatic heterocycles. The van der Waals surface area contributed by atoms with Crippen LogP contribution >= 0.6 is 12.4 Å². The van der Waals surface area contributed by atoms with E-state index in [4.69, 9.17) is 4.52 Å². The van der Waals surface area contributed by atoms with E-state index < -0.39 is 0 Å². The first-order valence-electron chi connectivity index (χ1n) is 7.72. The first-order valence-corrected chi connectivity index (χ1v) is 7.72. The predicted octanol–water partition coefficient (Wildman–Crippen LogP) is 2.79. The molecule has 0 aliphatic heterocycles. The van der Waals surface area contributed by atoms with E-state index in [1.165, 1.54) is 0 Å². The molecule has 2 aromatic rings. The van der Waals surface area contributed by atoms with Crippen molar-refractivity contribution >= 4 is 18.3 Å². The second-order valence-corrected chi connectivity index (χ2v) is 6.62. The van der Waals surface area contributed by atoms with Crippen LogP contribution < -0.4 is 10.6 Å². The van der Waals surface area contributed by atoms with Crippen LogP contribution in [0.2, 0.25) is 0 Å². The number of benzene rings is 1.